The molecule has 96 valence electrons. The van der Waals surface area contributed by atoms with Crippen LogP contribution in [0.15, 0.2) is 12.3 Å². The standard InChI is InChI=1S/C13H17ClN4/c1-13(3-6-16-7-4-13)9-18-12-11(14)10(8-15)2-5-17-12/h2,5,16H,3-4,6-7,9H2,1H3,(H,17,18). The summed E-state index contributed by atoms with van der Waals surface area (Å²) in [6.07, 6.45) is 3.88. The number of nitriles is 1. The topological polar surface area (TPSA) is 60.7 Å². The van der Waals surface area contributed by atoms with Gasteiger partial charge in [0.25, 0.3) is 0 Å². The predicted octanol–water partition coefficient (Wildman–Crippen LogP) is 2.41. The number of aromatic nitrogens is 1. The first-order chi connectivity index (χ1) is 8.64. The summed E-state index contributed by atoms with van der Waals surface area (Å²) in [6.45, 7) is 5.20. The molecule has 0 spiro atoms. The summed E-state index contributed by atoms with van der Waals surface area (Å²) >= 11 is 6.11. The largest absolute Gasteiger partial charge is 0.368 e. The summed E-state index contributed by atoms with van der Waals surface area (Å²) in [5, 5.41) is 16.0. The minimum absolute atomic E-state index is 0.263. The van der Waals surface area contributed by atoms with Crippen LogP contribution in [0.3, 0.4) is 0 Å². The molecule has 0 radical (unpaired) electrons. The van der Waals surface area contributed by atoms with E-state index >= 15 is 0 Å². The number of nitrogens with one attached hydrogen (secondary N) is 2. The van der Waals surface area contributed by atoms with E-state index in [2.05, 4.69) is 28.6 Å². The van der Waals surface area contributed by atoms with Crippen molar-refractivity contribution >= 4 is 17.4 Å². The van der Waals surface area contributed by atoms with E-state index in [4.69, 9.17) is 16.9 Å². The van der Waals surface area contributed by atoms with Crippen molar-refractivity contribution in [2.75, 3.05) is 25.0 Å². The smallest absolute Gasteiger partial charge is 0.146 e. The summed E-state index contributed by atoms with van der Waals surface area (Å²) in [6, 6.07) is 3.69. The Balaban J connectivity index is 2.04. The summed E-state index contributed by atoms with van der Waals surface area (Å²) in [4.78, 5) is 4.19. The lowest BCUT2D eigenvalue weighted by Crippen LogP contribution is -2.39. The van der Waals surface area contributed by atoms with E-state index in [0.717, 1.165) is 32.5 Å². The highest BCUT2D eigenvalue weighted by Crippen LogP contribution is 2.30. The second-order valence-corrected chi connectivity index (χ2v) is 5.43. The molecule has 1 aliphatic heterocycles. The van der Waals surface area contributed by atoms with Crippen molar-refractivity contribution in [3.8, 4) is 6.07 Å². The van der Waals surface area contributed by atoms with Gasteiger partial charge in [-0.05, 0) is 37.4 Å². The molecule has 5 heteroatoms. The molecule has 2 rings (SSSR count). The van der Waals surface area contributed by atoms with Crippen LogP contribution in [0.2, 0.25) is 5.02 Å². The molecule has 1 saturated heterocycles. The van der Waals surface area contributed by atoms with Gasteiger partial charge in [-0.15, -0.1) is 0 Å². The normalized spacial score (nSPS) is 18.1. The fourth-order valence-electron chi connectivity index (χ4n) is 2.16. The number of hydrogen-bond donors (Lipinski definition) is 2. The lowest BCUT2D eigenvalue weighted by Gasteiger charge is -2.34. The van der Waals surface area contributed by atoms with Crippen LogP contribution in [0.1, 0.15) is 25.3 Å². The van der Waals surface area contributed by atoms with Gasteiger partial charge >= 0.3 is 0 Å². The maximum atomic E-state index is 8.91. The first-order valence-electron chi connectivity index (χ1n) is 6.14. The highest BCUT2D eigenvalue weighted by Gasteiger charge is 2.26. The monoisotopic (exact) mass is 264 g/mol. The first-order valence-corrected chi connectivity index (χ1v) is 6.52. The number of pyridine rings is 1. The fourth-order valence-corrected chi connectivity index (χ4v) is 2.38. The van der Waals surface area contributed by atoms with E-state index in [1.807, 2.05) is 0 Å². The van der Waals surface area contributed by atoms with Crippen molar-refractivity contribution < 1.29 is 0 Å². The van der Waals surface area contributed by atoms with Crippen molar-refractivity contribution in [1.29, 1.82) is 5.26 Å². The Morgan fingerprint density at radius 1 is 1.56 bits per heavy atom. The third-order valence-electron chi connectivity index (χ3n) is 3.50. The molecule has 0 amide bonds. The quantitative estimate of drug-likeness (QED) is 0.880. The number of hydrogen-bond acceptors (Lipinski definition) is 4. The van der Waals surface area contributed by atoms with Crippen LogP contribution in [0.25, 0.3) is 0 Å². The number of rotatable bonds is 3. The van der Waals surface area contributed by atoms with Crippen molar-refractivity contribution in [3.05, 3.63) is 22.8 Å². The molecule has 0 aromatic carbocycles. The van der Waals surface area contributed by atoms with Crippen LogP contribution >= 0.6 is 11.6 Å². The van der Waals surface area contributed by atoms with Gasteiger partial charge in [0, 0.05) is 12.7 Å². The number of anilines is 1. The Morgan fingerprint density at radius 2 is 2.28 bits per heavy atom. The fraction of sp³-hybridized carbons (Fsp3) is 0.538. The molecule has 0 aliphatic carbocycles. The van der Waals surface area contributed by atoms with Crippen LogP contribution in [-0.2, 0) is 0 Å². The van der Waals surface area contributed by atoms with E-state index in [9.17, 15) is 0 Å². The molecule has 0 unspecified atom stereocenters. The second-order valence-electron chi connectivity index (χ2n) is 5.05. The van der Waals surface area contributed by atoms with E-state index in [1.54, 1.807) is 12.3 Å². The number of halogens is 1. The maximum Gasteiger partial charge on any atom is 0.146 e. The van der Waals surface area contributed by atoms with Crippen molar-refractivity contribution in [1.82, 2.24) is 10.3 Å². The molecule has 1 aromatic rings. The highest BCUT2D eigenvalue weighted by molar-refractivity contribution is 6.34. The van der Waals surface area contributed by atoms with Gasteiger partial charge in [-0.1, -0.05) is 18.5 Å². The van der Waals surface area contributed by atoms with Gasteiger partial charge in [-0.2, -0.15) is 5.26 Å². The Bertz CT molecular complexity index is 461. The highest BCUT2D eigenvalue weighted by atomic mass is 35.5. The lowest BCUT2D eigenvalue weighted by molar-refractivity contribution is 0.247. The molecule has 2 heterocycles. The van der Waals surface area contributed by atoms with Crippen LogP contribution in [0, 0.1) is 16.7 Å². The molecule has 1 aliphatic rings. The summed E-state index contributed by atoms with van der Waals surface area (Å²) in [5.41, 5.74) is 0.725. The molecule has 1 aromatic heterocycles. The molecule has 1 fully saturated rings. The van der Waals surface area contributed by atoms with Crippen molar-refractivity contribution in [2.45, 2.75) is 19.8 Å². The van der Waals surface area contributed by atoms with E-state index < -0.39 is 0 Å². The van der Waals surface area contributed by atoms with E-state index in [0.29, 0.717) is 16.4 Å². The molecular weight excluding hydrogens is 248 g/mol. The molecule has 0 atom stereocenters. The third kappa shape index (κ3) is 2.92. The van der Waals surface area contributed by atoms with Gasteiger partial charge < -0.3 is 10.6 Å². The zero-order valence-corrected chi connectivity index (χ0v) is 11.2. The lowest BCUT2D eigenvalue weighted by atomic mass is 9.81. The molecule has 2 N–H and O–H groups in total. The Kier molecular flexibility index (Phi) is 4.05. The minimum atomic E-state index is 0.263. The van der Waals surface area contributed by atoms with Gasteiger partial charge in [0.2, 0.25) is 0 Å². The van der Waals surface area contributed by atoms with E-state index in [1.165, 1.54) is 0 Å². The van der Waals surface area contributed by atoms with Gasteiger partial charge in [0.1, 0.15) is 16.9 Å². The van der Waals surface area contributed by atoms with Gasteiger partial charge in [-0.3, -0.25) is 0 Å². The van der Waals surface area contributed by atoms with Crippen LogP contribution < -0.4 is 10.6 Å². The first kappa shape index (κ1) is 13.1. The van der Waals surface area contributed by atoms with Crippen LogP contribution in [-0.4, -0.2) is 24.6 Å². The molecular formula is C13H17ClN4. The van der Waals surface area contributed by atoms with Gasteiger partial charge in [-0.25, -0.2) is 4.98 Å². The zero-order valence-electron chi connectivity index (χ0n) is 10.5. The van der Waals surface area contributed by atoms with Gasteiger partial charge in [0.05, 0.1) is 5.56 Å². The third-order valence-corrected chi connectivity index (χ3v) is 3.89. The summed E-state index contributed by atoms with van der Waals surface area (Å²) in [7, 11) is 0. The average Bonchev–Trinajstić information content (AvgIpc) is 2.38. The molecule has 0 saturated carbocycles. The summed E-state index contributed by atoms with van der Waals surface area (Å²) < 4.78 is 0. The van der Waals surface area contributed by atoms with Crippen LogP contribution in [0.4, 0.5) is 5.82 Å². The summed E-state index contributed by atoms with van der Waals surface area (Å²) in [5.74, 6) is 0.607. The van der Waals surface area contributed by atoms with Gasteiger partial charge in [0.15, 0.2) is 0 Å². The number of piperidine rings is 1. The number of nitrogens with zero attached hydrogens (tertiary/aromatic N) is 2. The Morgan fingerprint density at radius 3 is 2.94 bits per heavy atom. The predicted molar refractivity (Wildman–Crippen MR) is 72.7 cm³/mol. The SMILES string of the molecule is CC1(CNc2nccc(C#N)c2Cl)CCNCC1. The molecule has 4 nitrogen and oxygen atoms in total. The Labute approximate surface area is 112 Å². The Hall–Kier alpha value is -1.31. The second kappa shape index (κ2) is 5.55. The van der Waals surface area contributed by atoms with E-state index in [-0.39, 0.29) is 5.41 Å². The molecule has 18 heavy (non-hydrogen) atoms. The zero-order chi connectivity index (χ0) is 13.0. The minimum Gasteiger partial charge on any atom is -0.368 e. The van der Waals surface area contributed by atoms with Crippen molar-refractivity contribution in [2.24, 2.45) is 5.41 Å². The molecule has 0 bridgehead atoms. The van der Waals surface area contributed by atoms with Crippen LogP contribution in [0.5, 0.6) is 0 Å². The van der Waals surface area contributed by atoms with Crippen molar-refractivity contribution in [3.63, 3.8) is 0 Å². The average molecular weight is 265 g/mol. The maximum absolute atomic E-state index is 8.91.